The van der Waals surface area contributed by atoms with Crippen molar-refractivity contribution in [2.24, 2.45) is 0 Å². The van der Waals surface area contributed by atoms with Gasteiger partial charge in [-0.25, -0.2) is 4.79 Å². The number of anilines is 1. The molecule has 1 amide bonds. The molecular weight excluding hydrogens is 300 g/mol. The van der Waals surface area contributed by atoms with Gasteiger partial charge in [0.1, 0.15) is 6.04 Å². The second-order valence-corrected chi connectivity index (χ2v) is 4.48. The first-order valence-electron chi connectivity index (χ1n) is 5.15. The highest BCUT2D eigenvalue weighted by Gasteiger charge is 2.19. The third-order valence-corrected chi connectivity index (χ3v) is 2.99. The Morgan fingerprint density at radius 3 is 2.72 bits per heavy atom. The number of benzene rings is 1. The van der Waals surface area contributed by atoms with Crippen molar-refractivity contribution in [3.8, 4) is 0 Å². The minimum absolute atomic E-state index is 0.160. The highest BCUT2D eigenvalue weighted by atomic mass is 79.9. The van der Waals surface area contributed by atoms with Crippen molar-refractivity contribution in [2.75, 3.05) is 5.73 Å². The fraction of sp³-hybridized carbons (Fsp3) is 0.167. The van der Waals surface area contributed by atoms with Crippen LogP contribution >= 0.6 is 15.9 Å². The Bertz CT molecular complexity index is 488. The number of carboxylic acids is 1. The molecule has 0 aliphatic carbocycles. The van der Waals surface area contributed by atoms with Crippen LogP contribution in [0.5, 0.6) is 0 Å². The van der Waals surface area contributed by atoms with Crippen LogP contribution in [-0.4, -0.2) is 23.0 Å². The zero-order chi connectivity index (χ0) is 13.7. The van der Waals surface area contributed by atoms with E-state index in [4.69, 9.17) is 10.8 Å². The Morgan fingerprint density at radius 1 is 1.56 bits per heavy atom. The summed E-state index contributed by atoms with van der Waals surface area (Å²) in [5, 5.41) is 11.3. The van der Waals surface area contributed by atoms with Crippen molar-refractivity contribution >= 4 is 33.5 Å². The van der Waals surface area contributed by atoms with Crippen molar-refractivity contribution in [2.45, 2.75) is 12.5 Å². The van der Waals surface area contributed by atoms with Crippen molar-refractivity contribution in [3.05, 3.63) is 40.9 Å². The van der Waals surface area contributed by atoms with E-state index < -0.39 is 17.9 Å². The minimum Gasteiger partial charge on any atom is -0.480 e. The van der Waals surface area contributed by atoms with Gasteiger partial charge in [-0.1, -0.05) is 6.08 Å². The van der Waals surface area contributed by atoms with Crippen LogP contribution < -0.4 is 11.1 Å². The van der Waals surface area contributed by atoms with E-state index in [1.807, 2.05) is 0 Å². The third kappa shape index (κ3) is 3.59. The smallest absolute Gasteiger partial charge is 0.326 e. The lowest BCUT2D eigenvalue weighted by atomic mass is 10.1. The number of hydrogen-bond donors (Lipinski definition) is 3. The molecule has 1 rings (SSSR count). The standard InChI is InChI=1S/C12H13BrN2O3/c1-2-3-10(12(17)18)15-11(16)7-4-5-8(13)9(14)6-7/h2,4-6,10H,1,3,14H2,(H,15,16)(H,17,18). The summed E-state index contributed by atoms with van der Waals surface area (Å²) in [5.74, 6) is -1.59. The summed E-state index contributed by atoms with van der Waals surface area (Å²) in [7, 11) is 0. The zero-order valence-electron chi connectivity index (χ0n) is 9.52. The molecule has 0 aliphatic rings. The molecule has 0 aliphatic heterocycles. The number of carbonyl (C=O) groups excluding carboxylic acids is 1. The van der Waals surface area contributed by atoms with Crippen molar-refractivity contribution in [1.82, 2.24) is 5.32 Å². The Balaban J connectivity index is 2.83. The van der Waals surface area contributed by atoms with Crippen molar-refractivity contribution in [3.63, 3.8) is 0 Å². The van der Waals surface area contributed by atoms with Crippen molar-refractivity contribution in [1.29, 1.82) is 0 Å². The highest BCUT2D eigenvalue weighted by Crippen LogP contribution is 2.20. The largest absolute Gasteiger partial charge is 0.480 e. The number of amides is 1. The van der Waals surface area contributed by atoms with Gasteiger partial charge in [-0.2, -0.15) is 0 Å². The molecule has 0 heterocycles. The van der Waals surface area contributed by atoms with Crippen LogP contribution in [0.25, 0.3) is 0 Å². The van der Waals surface area contributed by atoms with Crippen LogP contribution in [0.4, 0.5) is 5.69 Å². The number of carboxylic acid groups (broad SMARTS) is 1. The van der Waals surface area contributed by atoms with E-state index >= 15 is 0 Å². The van der Waals surface area contributed by atoms with Crippen LogP contribution in [0.2, 0.25) is 0 Å². The molecule has 0 saturated heterocycles. The summed E-state index contributed by atoms with van der Waals surface area (Å²) < 4.78 is 0.680. The van der Waals surface area contributed by atoms with E-state index in [-0.39, 0.29) is 6.42 Å². The Hall–Kier alpha value is -1.82. The monoisotopic (exact) mass is 312 g/mol. The molecule has 0 fully saturated rings. The fourth-order valence-electron chi connectivity index (χ4n) is 1.31. The van der Waals surface area contributed by atoms with E-state index in [9.17, 15) is 9.59 Å². The molecule has 0 spiro atoms. The number of nitrogens with one attached hydrogen (secondary N) is 1. The predicted molar refractivity (Wildman–Crippen MR) is 72.3 cm³/mol. The molecule has 4 N–H and O–H groups in total. The topological polar surface area (TPSA) is 92.4 Å². The van der Waals surface area contributed by atoms with Crippen LogP contribution in [-0.2, 0) is 4.79 Å². The second kappa shape index (κ2) is 6.20. The van der Waals surface area contributed by atoms with Gasteiger partial charge in [-0.05, 0) is 40.5 Å². The van der Waals surface area contributed by atoms with E-state index in [2.05, 4.69) is 27.8 Å². The molecule has 1 atom stereocenters. The molecule has 0 radical (unpaired) electrons. The second-order valence-electron chi connectivity index (χ2n) is 3.62. The summed E-state index contributed by atoms with van der Waals surface area (Å²) >= 11 is 3.21. The molecule has 1 aromatic rings. The SMILES string of the molecule is C=CCC(NC(=O)c1ccc(Br)c(N)c1)C(=O)O. The average molecular weight is 313 g/mol. The van der Waals surface area contributed by atoms with Gasteiger partial charge in [0.15, 0.2) is 0 Å². The lowest BCUT2D eigenvalue weighted by Crippen LogP contribution is -2.40. The summed E-state index contributed by atoms with van der Waals surface area (Å²) in [4.78, 5) is 22.7. The van der Waals surface area contributed by atoms with Crippen molar-refractivity contribution < 1.29 is 14.7 Å². The summed E-state index contributed by atoms with van der Waals surface area (Å²) in [6.45, 7) is 3.45. The van der Waals surface area contributed by atoms with E-state index in [0.717, 1.165) is 0 Å². The number of rotatable bonds is 5. The number of aliphatic carboxylic acids is 1. The van der Waals surface area contributed by atoms with Gasteiger partial charge >= 0.3 is 5.97 Å². The van der Waals surface area contributed by atoms with E-state index in [1.54, 1.807) is 12.1 Å². The Morgan fingerprint density at radius 2 is 2.22 bits per heavy atom. The molecule has 1 aromatic carbocycles. The first-order valence-corrected chi connectivity index (χ1v) is 5.94. The van der Waals surface area contributed by atoms with Gasteiger partial charge < -0.3 is 16.2 Å². The van der Waals surface area contributed by atoms with Gasteiger partial charge in [0.05, 0.1) is 0 Å². The first-order chi connectivity index (χ1) is 8.45. The molecule has 1 unspecified atom stereocenters. The number of nitrogen functional groups attached to an aromatic ring is 1. The molecule has 6 heteroatoms. The third-order valence-electron chi connectivity index (χ3n) is 2.26. The summed E-state index contributed by atoms with van der Waals surface area (Å²) in [6.07, 6.45) is 1.60. The lowest BCUT2D eigenvalue weighted by molar-refractivity contribution is -0.139. The number of carbonyl (C=O) groups is 2. The normalized spacial score (nSPS) is 11.6. The lowest BCUT2D eigenvalue weighted by Gasteiger charge is -2.12. The van der Waals surface area contributed by atoms with Gasteiger partial charge in [0.2, 0.25) is 0 Å². The minimum atomic E-state index is -1.10. The van der Waals surface area contributed by atoms with Gasteiger partial charge in [-0.15, -0.1) is 6.58 Å². The average Bonchev–Trinajstić information content (AvgIpc) is 2.31. The number of halogens is 1. The Labute approximate surface area is 113 Å². The molecule has 0 saturated carbocycles. The van der Waals surface area contributed by atoms with E-state index in [1.165, 1.54) is 12.1 Å². The quantitative estimate of drug-likeness (QED) is 0.571. The van der Waals surface area contributed by atoms with Crippen LogP contribution in [0.15, 0.2) is 35.3 Å². The van der Waals surface area contributed by atoms with Crippen LogP contribution in [0, 0.1) is 0 Å². The van der Waals surface area contributed by atoms with Gasteiger partial charge in [0.25, 0.3) is 5.91 Å². The van der Waals surface area contributed by atoms with E-state index in [0.29, 0.717) is 15.7 Å². The molecule has 0 aromatic heterocycles. The maximum absolute atomic E-state index is 11.8. The highest BCUT2D eigenvalue weighted by molar-refractivity contribution is 9.10. The van der Waals surface area contributed by atoms with Gasteiger partial charge in [0, 0.05) is 15.7 Å². The summed E-state index contributed by atoms with van der Waals surface area (Å²) in [6, 6.07) is 3.68. The maximum Gasteiger partial charge on any atom is 0.326 e. The van der Waals surface area contributed by atoms with Crippen LogP contribution in [0.3, 0.4) is 0 Å². The Kier molecular flexibility index (Phi) is 4.91. The maximum atomic E-state index is 11.8. The molecule has 5 nitrogen and oxygen atoms in total. The first kappa shape index (κ1) is 14.2. The number of nitrogens with two attached hydrogens (primary N) is 1. The molecule has 0 bridgehead atoms. The summed E-state index contributed by atoms with van der Waals surface area (Å²) in [5.41, 5.74) is 6.37. The predicted octanol–water partition coefficient (Wildman–Crippen LogP) is 1.79. The van der Waals surface area contributed by atoms with Gasteiger partial charge in [-0.3, -0.25) is 4.79 Å². The zero-order valence-corrected chi connectivity index (χ0v) is 11.1. The fourth-order valence-corrected chi connectivity index (χ4v) is 1.56. The molecule has 18 heavy (non-hydrogen) atoms. The van der Waals surface area contributed by atoms with Crippen LogP contribution in [0.1, 0.15) is 16.8 Å². The molecular formula is C12H13BrN2O3. The number of hydrogen-bond acceptors (Lipinski definition) is 3. The molecule has 96 valence electrons.